The van der Waals surface area contributed by atoms with Crippen LogP contribution in [0, 0.1) is 5.92 Å². The van der Waals surface area contributed by atoms with Gasteiger partial charge < -0.3 is 4.74 Å². The predicted molar refractivity (Wildman–Crippen MR) is 97.8 cm³/mol. The van der Waals surface area contributed by atoms with Crippen molar-refractivity contribution in [2.75, 3.05) is 7.11 Å². The Morgan fingerprint density at radius 2 is 2.00 bits per heavy atom. The molecule has 0 radical (unpaired) electrons. The van der Waals surface area contributed by atoms with Crippen LogP contribution in [0.15, 0.2) is 24.3 Å². The molecule has 2 aromatic rings. The zero-order valence-corrected chi connectivity index (χ0v) is 15.1. The highest BCUT2D eigenvalue weighted by Gasteiger charge is 2.27. The minimum atomic E-state index is 0.115. The first-order chi connectivity index (χ1) is 11.6. The Bertz CT molecular complexity index is 736. The van der Waals surface area contributed by atoms with Crippen LogP contribution in [0.5, 0.6) is 0 Å². The summed E-state index contributed by atoms with van der Waals surface area (Å²) in [6, 6.07) is 7.84. The second-order valence-corrected chi connectivity index (χ2v) is 7.03. The van der Waals surface area contributed by atoms with Crippen LogP contribution in [-0.2, 0) is 11.2 Å². The number of hydrogen-bond acceptors (Lipinski definition) is 3. The number of benzene rings is 1. The van der Waals surface area contributed by atoms with Gasteiger partial charge in [-0.3, -0.25) is 4.79 Å². The molecule has 3 rings (SSSR count). The fourth-order valence-electron chi connectivity index (χ4n) is 3.59. The first kappa shape index (κ1) is 17.4. The molecule has 0 amide bonds. The zero-order valence-electron chi connectivity index (χ0n) is 14.3. The van der Waals surface area contributed by atoms with Crippen molar-refractivity contribution in [1.82, 2.24) is 4.98 Å². The highest BCUT2D eigenvalue weighted by molar-refractivity contribution is 6.30. The lowest BCUT2D eigenvalue weighted by Crippen LogP contribution is -2.25. The van der Waals surface area contributed by atoms with Crippen LogP contribution >= 0.6 is 11.6 Å². The molecule has 0 unspecified atom stereocenters. The van der Waals surface area contributed by atoms with E-state index in [-0.39, 0.29) is 11.7 Å². The van der Waals surface area contributed by atoms with Gasteiger partial charge in [-0.15, -0.1) is 0 Å². The third-order valence-electron chi connectivity index (χ3n) is 5.02. The van der Waals surface area contributed by atoms with Gasteiger partial charge >= 0.3 is 0 Å². The molecule has 0 saturated heterocycles. The average molecular weight is 346 g/mol. The number of Topliss-reactive ketones (excluding diaryl/α,β-unsaturated/α-hetero) is 1. The monoisotopic (exact) mass is 345 g/mol. The molecule has 4 heteroatoms. The van der Waals surface area contributed by atoms with Crippen LogP contribution in [0.2, 0.25) is 5.15 Å². The molecular formula is C20H24ClNO2. The zero-order chi connectivity index (χ0) is 17.1. The lowest BCUT2D eigenvalue weighted by Gasteiger charge is -2.26. The second-order valence-electron chi connectivity index (χ2n) is 6.67. The standard InChI is InChI=1S/C20H24ClNO2/c1-3-4-15-12-16-11-14(7-10-18(16)22-20(15)21)19(23)13-5-8-17(24-2)9-6-13/h7,10-13,17H,3-6,8-9H2,1-2H3. The Morgan fingerprint density at radius 1 is 1.25 bits per heavy atom. The van der Waals surface area contributed by atoms with Crippen molar-refractivity contribution in [2.24, 2.45) is 5.92 Å². The van der Waals surface area contributed by atoms with E-state index < -0.39 is 0 Å². The molecule has 0 N–H and O–H groups in total. The number of pyridine rings is 1. The maximum Gasteiger partial charge on any atom is 0.165 e. The molecule has 0 atom stereocenters. The number of aromatic nitrogens is 1. The number of fused-ring (bicyclic) bond motifs is 1. The predicted octanol–water partition coefficient (Wildman–Crippen LogP) is 5.23. The van der Waals surface area contributed by atoms with Crippen LogP contribution in [0.4, 0.5) is 0 Å². The summed E-state index contributed by atoms with van der Waals surface area (Å²) >= 11 is 6.24. The highest BCUT2D eigenvalue weighted by atomic mass is 35.5. The van der Waals surface area contributed by atoms with Gasteiger partial charge in [0.1, 0.15) is 5.15 Å². The summed E-state index contributed by atoms with van der Waals surface area (Å²) in [5.41, 5.74) is 2.69. The molecule has 0 aliphatic heterocycles. The molecule has 1 heterocycles. The molecule has 1 aliphatic rings. The van der Waals surface area contributed by atoms with Crippen molar-refractivity contribution in [3.63, 3.8) is 0 Å². The summed E-state index contributed by atoms with van der Waals surface area (Å²) in [7, 11) is 1.75. The van der Waals surface area contributed by atoms with Gasteiger partial charge in [0.2, 0.25) is 0 Å². The van der Waals surface area contributed by atoms with E-state index in [1.807, 2.05) is 18.2 Å². The Labute approximate surface area is 148 Å². The lowest BCUT2D eigenvalue weighted by atomic mass is 9.82. The number of carbonyl (C=O) groups excluding carboxylic acids is 1. The third-order valence-corrected chi connectivity index (χ3v) is 5.35. The van der Waals surface area contributed by atoms with Gasteiger partial charge in [0.05, 0.1) is 11.6 Å². The second kappa shape index (κ2) is 7.62. The van der Waals surface area contributed by atoms with Gasteiger partial charge in [0, 0.05) is 24.0 Å². The number of hydrogen-bond donors (Lipinski definition) is 0. The molecule has 24 heavy (non-hydrogen) atoms. The number of carbonyl (C=O) groups is 1. The highest BCUT2D eigenvalue weighted by Crippen LogP contribution is 2.30. The smallest absolute Gasteiger partial charge is 0.165 e. The van der Waals surface area contributed by atoms with E-state index in [9.17, 15) is 4.79 Å². The first-order valence-electron chi connectivity index (χ1n) is 8.78. The molecule has 0 bridgehead atoms. The van der Waals surface area contributed by atoms with Crippen molar-refractivity contribution in [3.8, 4) is 0 Å². The normalized spacial score (nSPS) is 21.1. The minimum Gasteiger partial charge on any atom is -0.381 e. The maximum atomic E-state index is 12.8. The van der Waals surface area contributed by atoms with E-state index in [4.69, 9.17) is 16.3 Å². The van der Waals surface area contributed by atoms with Crippen LogP contribution in [0.25, 0.3) is 10.9 Å². The quantitative estimate of drug-likeness (QED) is 0.550. The molecule has 3 nitrogen and oxygen atoms in total. The summed E-state index contributed by atoms with van der Waals surface area (Å²) in [5, 5.41) is 1.57. The molecule has 1 aromatic heterocycles. The van der Waals surface area contributed by atoms with Crippen LogP contribution < -0.4 is 0 Å². The first-order valence-corrected chi connectivity index (χ1v) is 9.16. The van der Waals surface area contributed by atoms with E-state index in [1.165, 1.54) is 0 Å². The Balaban J connectivity index is 1.84. The largest absolute Gasteiger partial charge is 0.381 e. The Hall–Kier alpha value is -1.45. The Morgan fingerprint density at radius 3 is 2.67 bits per heavy atom. The molecule has 1 aliphatic carbocycles. The SMILES string of the molecule is CCCc1cc2cc(C(=O)C3CCC(OC)CC3)ccc2nc1Cl. The van der Waals surface area contributed by atoms with E-state index in [0.717, 1.165) is 60.6 Å². The van der Waals surface area contributed by atoms with Crippen LogP contribution in [-0.4, -0.2) is 24.0 Å². The number of ether oxygens (including phenoxy) is 1. The van der Waals surface area contributed by atoms with E-state index in [2.05, 4.69) is 18.0 Å². The lowest BCUT2D eigenvalue weighted by molar-refractivity contribution is 0.0519. The van der Waals surface area contributed by atoms with E-state index in [1.54, 1.807) is 7.11 Å². The van der Waals surface area contributed by atoms with Crippen LogP contribution in [0.3, 0.4) is 0 Å². The van der Waals surface area contributed by atoms with Gasteiger partial charge in [-0.05, 0) is 61.9 Å². The fourth-order valence-corrected chi connectivity index (χ4v) is 3.83. The summed E-state index contributed by atoms with van der Waals surface area (Å²) in [6.45, 7) is 2.12. The van der Waals surface area contributed by atoms with Gasteiger partial charge in [0.15, 0.2) is 5.78 Å². The van der Waals surface area contributed by atoms with Gasteiger partial charge in [-0.2, -0.15) is 0 Å². The van der Waals surface area contributed by atoms with Gasteiger partial charge in [-0.1, -0.05) is 24.9 Å². The Kier molecular flexibility index (Phi) is 5.52. The minimum absolute atomic E-state index is 0.115. The molecule has 1 saturated carbocycles. The molecule has 1 aromatic carbocycles. The molecule has 0 spiro atoms. The summed E-state index contributed by atoms with van der Waals surface area (Å²) in [4.78, 5) is 17.3. The molecular weight excluding hydrogens is 322 g/mol. The van der Waals surface area contributed by atoms with Crippen LogP contribution in [0.1, 0.15) is 54.9 Å². The maximum absolute atomic E-state index is 12.8. The number of ketones is 1. The van der Waals surface area contributed by atoms with Crippen molar-refractivity contribution in [1.29, 1.82) is 0 Å². The number of rotatable bonds is 5. The fraction of sp³-hybridized carbons (Fsp3) is 0.500. The summed E-state index contributed by atoms with van der Waals surface area (Å²) in [6.07, 6.45) is 6.00. The third kappa shape index (κ3) is 3.62. The number of methoxy groups -OCH3 is 1. The van der Waals surface area contributed by atoms with Crippen molar-refractivity contribution in [2.45, 2.75) is 51.6 Å². The number of nitrogens with zero attached hydrogens (tertiary/aromatic N) is 1. The summed E-state index contributed by atoms with van der Waals surface area (Å²) in [5.74, 6) is 0.364. The average Bonchev–Trinajstić information content (AvgIpc) is 2.61. The molecule has 1 fully saturated rings. The summed E-state index contributed by atoms with van der Waals surface area (Å²) < 4.78 is 5.40. The van der Waals surface area contributed by atoms with E-state index in [0.29, 0.717) is 11.3 Å². The topological polar surface area (TPSA) is 39.2 Å². The number of halogens is 1. The van der Waals surface area contributed by atoms with Crippen molar-refractivity contribution < 1.29 is 9.53 Å². The van der Waals surface area contributed by atoms with Crippen molar-refractivity contribution in [3.05, 3.63) is 40.5 Å². The van der Waals surface area contributed by atoms with E-state index >= 15 is 0 Å². The molecule has 128 valence electrons. The van der Waals surface area contributed by atoms with Gasteiger partial charge in [0.25, 0.3) is 0 Å². The van der Waals surface area contributed by atoms with Crippen molar-refractivity contribution >= 4 is 28.3 Å². The van der Waals surface area contributed by atoms with Gasteiger partial charge in [-0.25, -0.2) is 4.98 Å². The number of aryl methyl sites for hydroxylation is 1.